The van der Waals surface area contributed by atoms with Crippen LogP contribution < -0.4 is 10.1 Å². The highest BCUT2D eigenvalue weighted by atomic mass is 35.5. The van der Waals surface area contributed by atoms with Crippen molar-refractivity contribution in [2.24, 2.45) is 0 Å². The van der Waals surface area contributed by atoms with Crippen molar-refractivity contribution >= 4 is 23.2 Å². The zero-order valence-corrected chi connectivity index (χ0v) is 10.7. The SMILES string of the molecule is COc1cc(F)ccc1NC(=O)c1ccc(Cl)nc1. The van der Waals surface area contributed by atoms with Gasteiger partial charge in [0.2, 0.25) is 0 Å². The minimum atomic E-state index is -0.442. The van der Waals surface area contributed by atoms with E-state index in [1.807, 2.05) is 0 Å². The van der Waals surface area contributed by atoms with Crippen molar-refractivity contribution in [1.82, 2.24) is 4.98 Å². The molecule has 1 N–H and O–H groups in total. The molecule has 0 fully saturated rings. The Morgan fingerprint density at radius 2 is 2.16 bits per heavy atom. The highest BCUT2D eigenvalue weighted by Crippen LogP contribution is 2.25. The summed E-state index contributed by atoms with van der Waals surface area (Å²) in [6, 6.07) is 6.91. The smallest absolute Gasteiger partial charge is 0.257 e. The van der Waals surface area contributed by atoms with E-state index in [0.717, 1.165) is 0 Å². The van der Waals surface area contributed by atoms with Gasteiger partial charge in [-0.3, -0.25) is 4.79 Å². The van der Waals surface area contributed by atoms with Crippen molar-refractivity contribution in [2.75, 3.05) is 12.4 Å². The lowest BCUT2D eigenvalue weighted by Gasteiger charge is -2.10. The molecule has 4 nitrogen and oxygen atoms in total. The van der Waals surface area contributed by atoms with E-state index in [2.05, 4.69) is 10.3 Å². The maximum atomic E-state index is 13.0. The average molecular weight is 281 g/mol. The van der Waals surface area contributed by atoms with E-state index in [4.69, 9.17) is 16.3 Å². The van der Waals surface area contributed by atoms with Crippen LogP contribution in [0.3, 0.4) is 0 Å². The van der Waals surface area contributed by atoms with Crippen LogP contribution in [0.1, 0.15) is 10.4 Å². The second kappa shape index (κ2) is 5.67. The molecule has 19 heavy (non-hydrogen) atoms. The summed E-state index contributed by atoms with van der Waals surface area (Å²) in [6.45, 7) is 0. The molecule has 0 aliphatic rings. The topological polar surface area (TPSA) is 51.2 Å². The van der Waals surface area contributed by atoms with Crippen LogP contribution in [0.15, 0.2) is 36.5 Å². The summed E-state index contributed by atoms with van der Waals surface area (Å²) in [6.07, 6.45) is 1.35. The molecule has 0 radical (unpaired) electrons. The number of pyridine rings is 1. The standard InChI is InChI=1S/C13H10ClFN2O2/c1-19-11-6-9(15)3-4-10(11)17-13(18)8-2-5-12(14)16-7-8/h2-7H,1H3,(H,17,18). The van der Waals surface area contributed by atoms with E-state index in [0.29, 0.717) is 16.4 Å². The van der Waals surface area contributed by atoms with Gasteiger partial charge < -0.3 is 10.1 Å². The van der Waals surface area contributed by atoms with Crippen molar-refractivity contribution < 1.29 is 13.9 Å². The molecular weight excluding hydrogens is 271 g/mol. The summed E-state index contributed by atoms with van der Waals surface area (Å²) in [4.78, 5) is 15.7. The first-order chi connectivity index (χ1) is 9.10. The van der Waals surface area contributed by atoms with Crippen LogP contribution in [-0.2, 0) is 0 Å². The van der Waals surface area contributed by atoms with Crippen LogP contribution in [-0.4, -0.2) is 18.0 Å². The van der Waals surface area contributed by atoms with Crippen LogP contribution >= 0.6 is 11.6 Å². The number of methoxy groups -OCH3 is 1. The van der Waals surface area contributed by atoms with Gasteiger partial charge in [0.05, 0.1) is 18.4 Å². The van der Waals surface area contributed by atoms with Gasteiger partial charge in [-0.15, -0.1) is 0 Å². The Labute approximate surface area is 114 Å². The second-order valence-corrected chi connectivity index (χ2v) is 4.06. The summed E-state index contributed by atoms with van der Waals surface area (Å²) in [5.41, 5.74) is 0.722. The number of carbonyl (C=O) groups excluding carboxylic acids is 1. The van der Waals surface area contributed by atoms with Gasteiger partial charge in [-0.2, -0.15) is 0 Å². The fourth-order valence-electron chi connectivity index (χ4n) is 1.47. The number of ether oxygens (including phenoxy) is 1. The van der Waals surface area contributed by atoms with Gasteiger partial charge in [0, 0.05) is 12.3 Å². The monoisotopic (exact) mass is 280 g/mol. The van der Waals surface area contributed by atoms with Gasteiger partial charge >= 0.3 is 0 Å². The number of carbonyl (C=O) groups is 1. The maximum absolute atomic E-state index is 13.0. The summed E-state index contributed by atoms with van der Waals surface area (Å²) in [7, 11) is 1.40. The van der Waals surface area contributed by atoms with Crippen molar-refractivity contribution in [2.45, 2.75) is 0 Å². The highest BCUT2D eigenvalue weighted by Gasteiger charge is 2.10. The van der Waals surface area contributed by atoms with Crippen LogP contribution in [0.2, 0.25) is 5.15 Å². The van der Waals surface area contributed by atoms with E-state index >= 15 is 0 Å². The quantitative estimate of drug-likeness (QED) is 0.879. The lowest BCUT2D eigenvalue weighted by atomic mass is 10.2. The molecule has 0 saturated heterocycles. The van der Waals surface area contributed by atoms with Crippen molar-refractivity contribution in [1.29, 1.82) is 0 Å². The fourth-order valence-corrected chi connectivity index (χ4v) is 1.58. The second-order valence-electron chi connectivity index (χ2n) is 3.67. The molecule has 1 heterocycles. The Hall–Kier alpha value is -2.14. The van der Waals surface area contributed by atoms with E-state index in [1.54, 1.807) is 6.07 Å². The van der Waals surface area contributed by atoms with Crippen molar-refractivity contribution in [3.8, 4) is 5.75 Å². The zero-order chi connectivity index (χ0) is 13.8. The van der Waals surface area contributed by atoms with E-state index in [9.17, 15) is 9.18 Å². The number of amides is 1. The van der Waals surface area contributed by atoms with Gasteiger partial charge in [0.15, 0.2) is 0 Å². The molecular formula is C13H10ClFN2O2. The van der Waals surface area contributed by atoms with E-state index < -0.39 is 5.82 Å². The van der Waals surface area contributed by atoms with Crippen LogP contribution in [0, 0.1) is 5.82 Å². The molecule has 98 valence electrons. The lowest BCUT2D eigenvalue weighted by molar-refractivity contribution is 0.102. The van der Waals surface area contributed by atoms with E-state index in [-0.39, 0.29) is 11.7 Å². The zero-order valence-electron chi connectivity index (χ0n) is 9.98. The molecule has 0 unspecified atom stereocenters. The minimum Gasteiger partial charge on any atom is -0.494 e. The molecule has 2 rings (SSSR count). The molecule has 0 atom stereocenters. The van der Waals surface area contributed by atoms with Crippen molar-refractivity contribution in [3.63, 3.8) is 0 Å². The molecule has 0 aliphatic heterocycles. The third-order valence-corrected chi connectivity index (χ3v) is 2.62. The highest BCUT2D eigenvalue weighted by molar-refractivity contribution is 6.29. The van der Waals surface area contributed by atoms with Gasteiger partial charge in [0.25, 0.3) is 5.91 Å². The first-order valence-corrected chi connectivity index (χ1v) is 5.74. The minimum absolute atomic E-state index is 0.246. The van der Waals surface area contributed by atoms with Gasteiger partial charge in [-0.25, -0.2) is 9.37 Å². The number of aromatic nitrogens is 1. The molecule has 0 bridgehead atoms. The predicted octanol–water partition coefficient (Wildman–Crippen LogP) is 3.14. The van der Waals surface area contributed by atoms with Gasteiger partial charge in [0.1, 0.15) is 16.7 Å². The van der Waals surface area contributed by atoms with Crippen LogP contribution in [0.25, 0.3) is 0 Å². The fraction of sp³-hybridized carbons (Fsp3) is 0.0769. The number of halogens is 2. The molecule has 0 saturated carbocycles. The molecule has 1 aromatic heterocycles. The number of hydrogen-bond donors (Lipinski definition) is 1. The molecule has 2 aromatic rings. The number of rotatable bonds is 3. The number of hydrogen-bond acceptors (Lipinski definition) is 3. The summed E-state index contributed by atoms with van der Waals surface area (Å²) < 4.78 is 18.0. The molecule has 6 heteroatoms. The number of nitrogens with zero attached hydrogens (tertiary/aromatic N) is 1. The van der Waals surface area contributed by atoms with Gasteiger partial charge in [-0.05, 0) is 24.3 Å². The van der Waals surface area contributed by atoms with Gasteiger partial charge in [-0.1, -0.05) is 11.6 Å². The molecule has 0 aliphatic carbocycles. The Kier molecular flexibility index (Phi) is 3.97. The van der Waals surface area contributed by atoms with E-state index in [1.165, 1.54) is 37.6 Å². The normalized spacial score (nSPS) is 10.1. The first kappa shape index (κ1) is 13.3. The maximum Gasteiger partial charge on any atom is 0.257 e. The predicted molar refractivity (Wildman–Crippen MR) is 70.2 cm³/mol. The largest absolute Gasteiger partial charge is 0.494 e. The molecule has 1 amide bonds. The number of benzene rings is 1. The third-order valence-electron chi connectivity index (χ3n) is 2.40. The Morgan fingerprint density at radius 1 is 1.37 bits per heavy atom. The molecule has 0 spiro atoms. The summed E-state index contributed by atoms with van der Waals surface area (Å²) in [5.74, 6) is -0.577. The van der Waals surface area contributed by atoms with Crippen molar-refractivity contribution in [3.05, 3.63) is 53.1 Å². The average Bonchev–Trinajstić information content (AvgIpc) is 2.41. The Morgan fingerprint density at radius 3 is 2.79 bits per heavy atom. The van der Waals surface area contributed by atoms with Crippen LogP contribution in [0.4, 0.5) is 10.1 Å². The molecule has 1 aromatic carbocycles. The Bertz CT molecular complexity index is 602. The first-order valence-electron chi connectivity index (χ1n) is 5.36. The lowest BCUT2D eigenvalue weighted by Crippen LogP contribution is -2.13. The summed E-state index contributed by atoms with van der Waals surface area (Å²) >= 11 is 5.64. The summed E-state index contributed by atoms with van der Waals surface area (Å²) in [5, 5.41) is 2.91. The Balaban J connectivity index is 2.21. The third kappa shape index (κ3) is 3.20. The van der Waals surface area contributed by atoms with Crippen LogP contribution in [0.5, 0.6) is 5.75 Å². The number of nitrogens with one attached hydrogen (secondary N) is 1. The number of anilines is 1.